The van der Waals surface area contributed by atoms with Crippen LogP contribution in [0.25, 0.3) is 0 Å². The van der Waals surface area contributed by atoms with E-state index in [1.165, 1.54) is 11.1 Å². The normalized spacial score (nSPS) is 19.3. The molecule has 0 bridgehead atoms. The summed E-state index contributed by atoms with van der Waals surface area (Å²) in [7, 11) is 0. The fraction of sp³-hybridized carbons (Fsp3) is 0.560. The molecule has 0 spiro atoms. The predicted octanol–water partition coefficient (Wildman–Crippen LogP) is 3.40. The Labute approximate surface area is 184 Å². The quantitative estimate of drug-likeness (QED) is 0.775. The number of aromatic amines is 1. The molecule has 2 aromatic rings. The van der Waals surface area contributed by atoms with Gasteiger partial charge in [0.15, 0.2) is 0 Å². The summed E-state index contributed by atoms with van der Waals surface area (Å²) in [6.45, 7) is 8.16. The maximum absolute atomic E-state index is 12.8. The van der Waals surface area contributed by atoms with Crippen molar-refractivity contribution in [2.24, 2.45) is 0 Å². The van der Waals surface area contributed by atoms with Crippen LogP contribution in [0.4, 0.5) is 0 Å². The largest absolute Gasteiger partial charge is 0.338 e. The summed E-state index contributed by atoms with van der Waals surface area (Å²) in [4.78, 5) is 37.3. The number of fused-ring (bicyclic) bond motifs is 1. The molecule has 2 aliphatic heterocycles. The molecule has 1 aromatic carbocycles. The number of aryl methyl sites for hydroxylation is 1. The van der Waals surface area contributed by atoms with E-state index in [4.69, 9.17) is 4.98 Å². The van der Waals surface area contributed by atoms with Crippen LogP contribution in [-0.4, -0.2) is 45.3 Å². The minimum Gasteiger partial charge on any atom is -0.338 e. The van der Waals surface area contributed by atoms with Gasteiger partial charge in [-0.1, -0.05) is 38.1 Å². The second-order valence-corrected chi connectivity index (χ2v) is 8.94. The van der Waals surface area contributed by atoms with Crippen molar-refractivity contribution in [2.45, 2.75) is 71.4 Å². The minimum absolute atomic E-state index is 0.0683. The molecule has 1 saturated heterocycles. The van der Waals surface area contributed by atoms with Crippen LogP contribution in [0.2, 0.25) is 0 Å². The first-order valence-electron chi connectivity index (χ1n) is 11.8. The molecule has 1 unspecified atom stereocenters. The zero-order valence-electron chi connectivity index (χ0n) is 18.8. The Morgan fingerprint density at radius 3 is 2.68 bits per heavy atom. The lowest BCUT2D eigenvalue weighted by Crippen LogP contribution is -2.40. The van der Waals surface area contributed by atoms with Crippen molar-refractivity contribution >= 4 is 5.91 Å². The van der Waals surface area contributed by atoms with Crippen LogP contribution < -0.4 is 5.56 Å². The molecule has 2 aliphatic rings. The third kappa shape index (κ3) is 5.06. The number of amides is 1. The first kappa shape index (κ1) is 21.8. The predicted molar refractivity (Wildman–Crippen MR) is 122 cm³/mol. The Bertz CT molecular complexity index is 966. The molecule has 6 heteroatoms. The number of likely N-dealkylation sites (tertiary alicyclic amines) is 1. The lowest BCUT2D eigenvalue weighted by Gasteiger charge is -2.33. The molecule has 1 atom stereocenters. The summed E-state index contributed by atoms with van der Waals surface area (Å²) in [5.74, 6) is 1.20. The molecule has 166 valence electrons. The maximum Gasteiger partial charge on any atom is 0.256 e. The van der Waals surface area contributed by atoms with Crippen LogP contribution in [0.15, 0.2) is 29.1 Å². The van der Waals surface area contributed by atoms with E-state index >= 15 is 0 Å². The third-order valence-corrected chi connectivity index (χ3v) is 6.63. The topological polar surface area (TPSA) is 69.3 Å². The molecule has 0 radical (unpaired) electrons. The average Bonchev–Trinajstić information content (AvgIpc) is 2.79. The summed E-state index contributed by atoms with van der Waals surface area (Å²) >= 11 is 0. The SMILES string of the molecule is CCCC(=O)N1CCc2nc(C3CCCN(Cc4ccc(CC)cc4)C3)[nH]c(=O)c2C1. The standard InChI is InChI=1S/C25H34N4O2/c1-3-6-23(30)29-14-12-22-21(17-29)25(31)27-24(26-22)20-7-5-13-28(16-20)15-19-10-8-18(4-2)9-11-19/h8-11,20H,3-7,12-17H2,1-2H3,(H,26,27,31). The van der Waals surface area contributed by atoms with E-state index in [0.29, 0.717) is 31.5 Å². The molecule has 3 heterocycles. The zero-order chi connectivity index (χ0) is 21.8. The zero-order valence-corrected chi connectivity index (χ0v) is 18.8. The molecular weight excluding hydrogens is 388 g/mol. The molecule has 6 nitrogen and oxygen atoms in total. The Hall–Kier alpha value is -2.47. The lowest BCUT2D eigenvalue weighted by molar-refractivity contribution is -0.132. The number of piperidine rings is 1. The van der Waals surface area contributed by atoms with Crippen LogP contribution in [-0.2, 0) is 30.7 Å². The molecule has 31 heavy (non-hydrogen) atoms. The van der Waals surface area contributed by atoms with E-state index in [1.807, 2.05) is 6.92 Å². The van der Waals surface area contributed by atoms with Gasteiger partial charge in [-0.25, -0.2) is 4.98 Å². The molecule has 0 aliphatic carbocycles. The minimum atomic E-state index is -0.0683. The van der Waals surface area contributed by atoms with E-state index in [9.17, 15) is 9.59 Å². The molecule has 1 amide bonds. The van der Waals surface area contributed by atoms with E-state index in [2.05, 4.69) is 41.1 Å². The fourth-order valence-electron chi connectivity index (χ4n) is 4.78. The second kappa shape index (κ2) is 9.77. The van der Waals surface area contributed by atoms with Gasteiger partial charge in [0.1, 0.15) is 5.82 Å². The average molecular weight is 423 g/mol. The van der Waals surface area contributed by atoms with Crippen LogP contribution in [0.5, 0.6) is 0 Å². The van der Waals surface area contributed by atoms with E-state index < -0.39 is 0 Å². The Balaban J connectivity index is 1.45. The number of nitrogens with zero attached hydrogens (tertiary/aromatic N) is 3. The van der Waals surface area contributed by atoms with Gasteiger partial charge in [-0.3, -0.25) is 14.5 Å². The van der Waals surface area contributed by atoms with Gasteiger partial charge < -0.3 is 9.88 Å². The van der Waals surface area contributed by atoms with Gasteiger partial charge in [-0.2, -0.15) is 0 Å². The third-order valence-electron chi connectivity index (χ3n) is 6.63. The number of nitrogens with one attached hydrogen (secondary N) is 1. The number of hydrogen-bond donors (Lipinski definition) is 1. The Morgan fingerprint density at radius 2 is 1.94 bits per heavy atom. The first-order chi connectivity index (χ1) is 15.1. The highest BCUT2D eigenvalue weighted by Gasteiger charge is 2.28. The number of carbonyl (C=O) groups excluding carboxylic acids is 1. The summed E-state index contributed by atoms with van der Waals surface area (Å²) in [6, 6.07) is 8.89. The van der Waals surface area contributed by atoms with Crippen LogP contribution in [0, 0.1) is 0 Å². The number of rotatable bonds is 6. The number of hydrogen-bond acceptors (Lipinski definition) is 4. The van der Waals surface area contributed by atoms with Crippen molar-refractivity contribution in [3.63, 3.8) is 0 Å². The molecular formula is C25H34N4O2. The maximum atomic E-state index is 12.8. The van der Waals surface area contributed by atoms with Crippen molar-refractivity contribution in [3.8, 4) is 0 Å². The number of benzene rings is 1. The van der Waals surface area contributed by atoms with E-state index in [1.54, 1.807) is 4.90 Å². The van der Waals surface area contributed by atoms with Gasteiger partial charge in [0, 0.05) is 38.4 Å². The lowest BCUT2D eigenvalue weighted by atomic mass is 9.95. The number of carbonyl (C=O) groups is 1. The van der Waals surface area contributed by atoms with Crippen LogP contribution in [0.1, 0.15) is 73.7 Å². The van der Waals surface area contributed by atoms with Gasteiger partial charge >= 0.3 is 0 Å². The summed E-state index contributed by atoms with van der Waals surface area (Å²) in [5.41, 5.74) is 4.18. The summed E-state index contributed by atoms with van der Waals surface area (Å²) in [5, 5.41) is 0. The van der Waals surface area contributed by atoms with Gasteiger partial charge in [0.05, 0.1) is 17.8 Å². The molecule has 0 saturated carbocycles. The van der Waals surface area contributed by atoms with Gasteiger partial charge in [0.25, 0.3) is 5.56 Å². The van der Waals surface area contributed by atoms with Crippen molar-refractivity contribution in [1.82, 2.24) is 19.8 Å². The number of aromatic nitrogens is 2. The smallest absolute Gasteiger partial charge is 0.256 e. The highest BCUT2D eigenvalue weighted by Crippen LogP contribution is 2.26. The molecule has 4 rings (SSSR count). The van der Waals surface area contributed by atoms with E-state index in [0.717, 1.165) is 56.8 Å². The fourth-order valence-corrected chi connectivity index (χ4v) is 4.78. The second-order valence-electron chi connectivity index (χ2n) is 8.94. The van der Waals surface area contributed by atoms with Crippen LogP contribution >= 0.6 is 0 Å². The molecule has 1 N–H and O–H groups in total. The van der Waals surface area contributed by atoms with Gasteiger partial charge in [-0.15, -0.1) is 0 Å². The van der Waals surface area contributed by atoms with Crippen LogP contribution in [0.3, 0.4) is 0 Å². The number of H-pyrrole nitrogens is 1. The molecule has 1 aromatic heterocycles. The highest BCUT2D eigenvalue weighted by atomic mass is 16.2. The van der Waals surface area contributed by atoms with Crippen molar-refractivity contribution < 1.29 is 4.79 Å². The summed E-state index contributed by atoms with van der Waals surface area (Å²) < 4.78 is 0. The summed E-state index contributed by atoms with van der Waals surface area (Å²) in [6.07, 6.45) is 5.26. The van der Waals surface area contributed by atoms with Crippen molar-refractivity contribution in [2.75, 3.05) is 19.6 Å². The van der Waals surface area contributed by atoms with E-state index in [-0.39, 0.29) is 17.4 Å². The Morgan fingerprint density at radius 1 is 1.16 bits per heavy atom. The highest BCUT2D eigenvalue weighted by molar-refractivity contribution is 5.76. The van der Waals surface area contributed by atoms with Crippen molar-refractivity contribution in [1.29, 1.82) is 0 Å². The first-order valence-corrected chi connectivity index (χ1v) is 11.8. The monoisotopic (exact) mass is 422 g/mol. The van der Waals surface area contributed by atoms with Gasteiger partial charge in [-0.05, 0) is 43.4 Å². The van der Waals surface area contributed by atoms with Crippen molar-refractivity contribution in [3.05, 3.63) is 62.8 Å². The Kier molecular flexibility index (Phi) is 6.86. The van der Waals surface area contributed by atoms with Gasteiger partial charge in [0.2, 0.25) is 5.91 Å². The molecule has 1 fully saturated rings.